The fraction of sp³-hybridized carbons (Fsp3) is 0.222. The maximum Gasteiger partial charge on any atom is 0.133 e. The van der Waals surface area contributed by atoms with Crippen molar-refractivity contribution in [1.29, 1.82) is 0 Å². The minimum absolute atomic E-state index is 0.342. The molecule has 5 heteroatoms. The monoisotopic (exact) mass is 233 g/mol. The lowest BCUT2D eigenvalue weighted by Crippen LogP contribution is -2.17. The number of thioether (sulfide) groups is 1. The summed E-state index contributed by atoms with van der Waals surface area (Å²) < 4.78 is 26.1. The van der Waals surface area contributed by atoms with Crippen molar-refractivity contribution in [1.82, 2.24) is 5.32 Å². The molecule has 1 aromatic rings. The van der Waals surface area contributed by atoms with Gasteiger partial charge in [-0.25, -0.2) is 8.78 Å². The molecule has 0 heterocycles. The first-order valence-electron chi connectivity index (χ1n) is 3.88. The molecule has 0 atom stereocenters. The summed E-state index contributed by atoms with van der Waals surface area (Å²) in [6.07, 6.45) is 1.83. The highest BCUT2D eigenvalue weighted by atomic mass is 32.2. The van der Waals surface area contributed by atoms with E-state index in [2.05, 4.69) is 5.32 Å². The van der Waals surface area contributed by atoms with Crippen LogP contribution in [0.5, 0.6) is 0 Å². The number of thiocarbonyl (C=S) groups is 1. The second-order valence-corrected chi connectivity index (χ2v) is 4.11. The lowest BCUT2D eigenvalue weighted by atomic mass is 10.2. The summed E-state index contributed by atoms with van der Waals surface area (Å²) in [5.41, 5.74) is 0.541. The largest absolute Gasteiger partial charge is 0.367 e. The molecule has 0 fully saturated rings. The van der Waals surface area contributed by atoms with Crippen LogP contribution in [0.2, 0.25) is 0 Å². The Labute approximate surface area is 90.9 Å². The fourth-order valence-electron chi connectivity index (χ4n) is 0.959. The third-order valence-electron chi connectivity index (χ3n) is 1.54. The summed E-state index contributed by atoms with van der Waals surface area (Å²) in [6, 6.07) is 3.40. The Morgan fingerprint density at radius 1 is 1.36 bits per heavy atom. The van der Waals surface area contributed by atoms with Crippen molar-refractivity contribution in [3.8, 4) is 0 Å². The van der Waals surface area contributed by atoms with Gasteiger partial charge in [0.2, 0.25) is 0 Å². The zero-order valence-electron chi connectivity index (χ0n) is 7.51. The van der Waals surface area contributed by atoms with E-state index in [1.807, 2.05) is 6.26 Å². The second-order valence-electron chi connectivity index (χ2n) is 2.62. The highest BCUT2D eigenvalue weighted by Crippen LogP contribution is 2.08. The standard InChI is InChI=1S/C9H9F2NS2/c1-14-9(13)12-5-6-2-7(10)4-8(11)3-6/h2-4H,5H2,1H3,(H,12,13). The van der Waals surface area contributed by atoms with Crippen LogP contribution in [-0.2, 0) is 6.54 Å². The van der Waals surface area contributed by atoms with E-state index in [1.165, 1.54) is 23.9 Å². The third-order valence-corrected chi connectivity index (χ3v) is 2.70. The highest BCUT2D eigenvalue weighted by molar-refractivity contribution is 8.22. The van der Waals surface area contributed by atoms with Crippen LogP contribution in [0.4, 0.5) is 8.78 Å². The first-order valence-corrected chi connectivity index (χ1v) is 5.52. The van der Waals surface area contributed by atoms with Crippen LogP contribution in [0.25, 0.3) is 0 Å². The van der Waals surface area contributed by atoms with Gasteiger partial charge in [-0.3, -0.25) is 0 Å². The van der Waals surface area contributed by atoms with Gasteiger partial charge in [0, 0.05) is 12.6 Å². The van der Waals surface area contributed by atoms with Crippen molar-refractivity contribution in [3.05, 3.63) is 35.4 Å². The predicted molar refractivity (Wildman–Crippen MR) is 59.3 cm³/mol. The lowest BCUT2D eigenvalue weighted by Gasteiger charge is -2.05. The van der Waals surface area contributed by atoms with Crippen LogP contribution in [0.1, 0.15) is 5.56 Å². The Bertz CT molecular complexity index is 321. The molecule has 0 aliphatic carbocycles. The van der Waals surface area contributed by atoms with E-state index in [-0.39, 0.29) is 0 Å². The van der Waals surface area contributed by atoms with Gasteiger partial charge in [0.05, 0.1) is 0 Å². The summed E-state index contributed by atoms with van der Waals surface area (Å²) in [5, 5.41) is 2.86. The molecule has 0 unspecified atom stereocenters. The molecule has 0 amide bonds. The Morgan fingerprint density at radius 2 is 1.93 bits per heavy atom. The first kappa shape index (κ1) is 11.4. The van der Waals surface area contributed by atoms with Gasteiger partial charge in [0.1, 0.15) is 16.0 Å². The minimum atomic E-state index is -0.572. The molecule has 1 aromatic carbocycles. The Kier molecular flexibility index (Phi) is 4.28. The Hall–Kier alpha value is -0.680. The first-order chi connectivity index (χ1) is 6.61. The van der Waals surface area contributed by atoms with E-state index in [9.17, 15) is 8.78 Å². The molecule has 0 radical (unpaired) electrons. The number of benzene rings is 1. The van der Waals surface area contributed by atoms with Crippen LogP contribution < -0.4 is 5.32 Å². The van der Waals surface area contributed by atoms with E-state index in [4.69, 9.17) is 12.2 Å². The molecule has 14 heavy (non-hydrogen) atoms. The van der Waals surface area contributed by atoms with Crippen molar-refractivity contribution < 1.29 is 8.78 Å². The minimum Gasteiger partial charge on any atom is -0.367 e. The average Bonchev–Trinajstić information content (AvgIpc) is 2.12. The van der Waals surface area contributed by atoms with Crippen LogP contribution in [-0.4, -0.2) is 10.6 Å². The lowest BCUT2D eigenvalue weighted by molar-refractivity contribution is 0.579. The second kappa shape index (κ2) is 5.26. The highest BCUT2D eigenvalue weighted by Gasteiger charge is 2.00. The summed E-state index contributed by atoms with van der Waals surface area (Å²) in [6.45, 7) is 0.342. The summed E-state index contributed by atoms with van der Waals surface area (Å²) in [7, 11) is 0. The zero-order valence-corrected chi connectivity index (χ0v) is 9.14. The maximum atomic E-state index is 12.7. The van der Waals surface area contributed by atoms with E-state index < -0.39 is 11.6 Å². The van der Waals surface area contributed by atoms with E-state index in [0.717, 1.165) is 6.07 Å². The number of hydrogen-bond donors (Lipinski definition) is 1. The van der Waals surface area contributed by atoms with E-state index in [0.29, 0.717) is 16.4 Å². The fourth-order valence-corrected chi connectivity index (χ4v) is 1.25. The van der Waals surface area contributed by atoms with Crippen LogP contribution in [0.3, 0.4) is 0 Å². The van der Waals surface area contributed by atoms with Crippen molar-refractivity contribution in [2.24, 2.45) is 0 Å². The van der Waals surface area contributed by atoms with Crippen LogP contribution >= 0.6 is 24.0 Å². The zero-order chi connectivity index (χ0) is 10.6. The third kappa shape index (κ3) is 3.59. The molecule has 0 aliphatic heterocycles. The van der Waals surface area contributed by atoms with E-state index in [1.54, 1.807) is 0 Å². The van der Waals surface area contributed by atoms with Gasteiger partial charge in [-0.15, -0.1) is 11.8 Å². The quantitative estimate of drug-likeness (QED) is 0.789. The van der Waals surface area contributed by atoms with Gasteiger partial charge >= 0.3 is 0 Å². The molecular formula is C9H9F2NS2. The number of nitrogens with one attached hydrogen (secondary N) is 1. The van der Waals surface area contributed by atoms with E-state index >= 15 is 0 Å². The van der Waals surface area contributed by atoms with Crippen molar-refractivity contribution in [3.63, 3.8) is 0 Å². The molecule has 0 aromatic heterocycles. The predicted octanol–water partition coefficient (Wildman–Crippen LogP) is 2.70. The Balaban J connectivity index is 2.63. The smallest absolute Gasteiger partial charge is 0.133 e. The van der Waals surface area contributed by atoms with Crippen molar-refractivity contribution in [2.75, 3.05) is 6.26 Å². The molecule has 0 bridgehead atoms. The van der Waals surface area contributed by atoms with Crippen molar-refractivity contribution >= 4 is 28.3 Å². The maximum absolute atomic E-state index is 12.7. The molecule has 0 aliphatic rings. The van der Waals surface area contributed by atoms with Crippen LogP contribution in [0.15, 0.2) is 18.2 Å². The SMILES string of the molecule is CSC(=S)NCc1cc(F)cc(F)c1. The van der Waals surface area contributed by atoms with Gasteiger partial charge in [-0.2, -0.15) is 0 Å². The van der Waals surface area contributed by atoms with Gasteiger partial charge in [0.25, 0.3) is 0 Å². The summed E-state index contributed by atoms with van der Waals surface area (Å²) in [4.78, 5) is 0. The average molecular weight is 233 g/mol. The molecule has 0 saturated carbocycles. The summed E-state index contributed by atoms with van der Waals surface area (Å²) in [5.74, 6) is -1.14. The van der Waals surface area contributed by atoms with Gasteiger partial charge < -0.3 is 5.32 Å². The normalized spacial score (nSPS) is 9.93. The molecule has 1 N–H and O–H groups in total. The topological polar surface area (TPSA) is 12.0 Å². The summed E-state index contributed by atoms with van der Waals surface area (Å²) >= 11 is 6.27. The molecule has 1 nitrogen and oxygen atoms in total. The molecule has 0 spiro atoms. The molecule has 76 valence electrons. The number of halogens is 2. The molecule has 1 rings (SSSR count). The van der Waals surface area contributed by atoms with Gasteiger partial charge in [-0.05, 0) is 24.0 Å². The number of hydrogen-bond acceptors (Lipinski definition) is 2. The molecular weight excluding hydrogens is 224 g/mol. The van der Waals surface area contributed by atoms with Gasteiger partial charge in [-0.1, -0.05) is 12.2 Å². The van der Waals surface area contributed by atoms with Crippen LogP contribution in [0, 0.1) is 11.6 Å². The number of rotatable bonds is 2. The molecule has 0 saturated heterocycles. The Morgan fingerprint density at radius 3 is 2.43 bits per heavy atom. The van der Waals surface area contributed by atoms with Gasteiger partial charge in [0.15, 0.2) is 0 Å². The van der Waals surface area contributed by atoms with Crippen molar-refractivity contribution in [2.45, 2.75) is 6.54 Å².